The lowest BCUT2D eigenvalue weighted by Crippen LogP contribution is -2.11. The zero-order chi connectivity index (χ0) is 15.4. The molecule has 1 amide bonds. The van der Waals surface area contributed by atoms with Crippen LogP contribution in [0.2, 0.25) is 0 Å². The molecule has 3 rings (SSSR count). The molecule has 4 nitrogen and oxygen atoms in total. The summed E-state index contributed by atoms with van der Waals surface area (Å²) in [5, 5.41) is 5.21. The average Bonchev–Trinajstić information content (AvgIpc) is 3.18. The van der Waals surface area contributed by atoms with Crippen molar-refractivity contribution in [3.63, 3.8) is 0 Å². The molecule has 0 bridgehead atoms. The SMILES string of the molecule is CCOc1cc(-c2ccccc2)sc1C(=O)Nc1nccs1. The molecule has 0 aliphatic carbocycles. The van der Waals surface area contributed by atoms with E-state index < -0.39 is 0 Å². The Balaban J connectivity index is 1.92. The summed E-state index contributed by atoms with van der Waals surface area (Å²) in [6.07, 6.45) is 1.66. The second kappa shape index (κ2) is 6.72. The van der Waals surface area contributed by atoms with Crippen molar-refractivity contribution in [3.8, 4) is 16.2 Å². The van der Waals surface area contributed by atoms with Gasteiger partial charge in [-0.25, -0.2) is 4.98 Å². The van der Waals surface area contributed by atoms with Gasteiger partial charge in [0, 0.05) is 16.5 Å². The molecule has 3 aromatic rings. The van der Waals surface area contributed by atoms with Crippen LogP contribution in [0.15, 0.2) is 48.0 Å². The van der Waals surface area contributed by atoms with Gasteiger partial charge in [0.15, 0.2) is 5.13 Å². The van der Waals surface area contributed by atoms with Gasteiger partial charge in [-0.15, -0.1) is 22.7 Å². The van der Waals surface area contributed by atoms with E-state index in [0.29, 0.717) is 22.4 Å². The summed E-state index contributed by atoms with van der Waals surface area (Å²) in [6.45, 7) is 2.42. The molecule has 0 saturated carbocycles. The number of anilines is 1. The van der Waals surface area contributed by atoms with Crippen LogP contribution in [0.4, 0.5) is 5.13 Å². The molecule has 22 heavy (non-hydrogen) atoms. The van der Waals surface area contributed by atoms with E-state index in [1.54, 1.807) is 6.20 Å². The summed E-state index contributed by atoms with van der Waals surface area (Å²) in [6, 6.07) is 11.9. The molecule has 112 valence electrons. The first kappa shape index (κ1) is 14.7. The van der Waals surface area contributed by atoms with Crippen molar-refractivity contribution >= 4 is 33.7 Å². The Morgan fingerprint density at radius 1 is 1.32 bits per heavy atom. The Hall–Kier alpha value is -2.18. The zero-order valence-electron chi connectivity index (χ0n) is 11.9. The first-order chi connectivity index (χ1) is 10.8. The average molecular weight is 330 g/mol. The fourth-order valence-electron chi connectivity index (χ4n) is 1.98. The Morgan fingerprint density at radius 3 is 2.82 bits per heavy atom. The molecule has 6 heteroatoms. The van der Waals surface area contributed by atoms with Gasteiger partial charge in [-0.1, -0.05) is 30.3 Å². The molecule has 0 fully saturated rings. The molecule has 0 aliphatic heterocycles. The number of thiophene rings is 1. The highest BCUT2D eigenvalue weighted by molar-refractivity contribution is 7.18. The van der Waals surface area contributed by atoms with Gasteiger partial charge in [0.25, 0.3) is 5.91 Å². The predicted molar refractivity (Wildman–Crippen MR) is 91.0 cm³/mol. The number of nitrogens with one attached hydrogen (secondary N) is 1. The van der Waals surface area contributed by atoms with Crippen LogP contribution in [-0.2, 0) is 0 Å². The van der Waals surface area contributed by atoms with Crippen LogP contribution in [0.25, 0.3) is 10.4 Å². The lowest BCUT2D eigenvalue weighted by atomic mass is 10.2. The maximum absolute atomic E-state index is 12.4. The molecule has 2 aromatic heterocycles. The lowest BCUT2D eigenvalue weighted by Gasteiger charge is -2.03. The van der Waals surface area contributed by atoms with Crippen molar-refractivity contribution in [2.45, 2.75) is 6.92 Å². The van der Waals surface area contributed by atoms with Crippen LogP contribution < -0.4 is 10.1 Å². The quantitative estimate of drug-likeness (QED) is 0.748. The maximum atomic E-state index is 12.4. The molecular formula is C16H14N2O2S2. The number of hydrogen-bond donors (Lipinski definition) is 1. The van der Waals surface area contributed by atoms with E-state index in [2.05, 4.69) is 10.3 Å². The van der Waals surface area contributed by atoms with Gasteiger partial charge in [-0.2, -0.15) is 0 Å². The number of benzene rings is 1. The highest BCUT2D eigenvalue weighted by atomic mass is 32.1. The molecule has 1 N–H and O–H groups in total. The molecule has 0 unspecified atom stereocenters. The number of thiazole rings is 1. The van der Waals surface area contributed by atoms with Crippen LogP contribution in [0.3, 0.4) is 0 Å². The van der Waals surface area contributed by atoms with E-state index in [4.69, 9.17) is 4.74 Å². The summed E-state index contributed by atoms with van der Waals surface area (Å²) in [5.74, 6) is 0.422. The Morgan fingerprint density at radius 2 is 2.14 bits per heavy atom. The highest BCUT2D eigenvalue weighted by Gasteiger charge is 2.19. The fraction of sp³-hybridized carbons (Fsp3) is 0.125. The first-order valence-electron chi connectivity index (χ1n) is 6.81. The molecule has 0 radical (unpaired) electrons. The highest BCUT2D eigenvalue weighted by Crippen LogP contribution is 2.36. The van der Waals surface area contributed by atoms with Gasteiger partial charge in [0.05, 0.1) is 6.61 Å². The van der Waals surface area contributed by atoms with Gasteiger partial charge in [-0.3, -0.25) is 10.1 Å². The summed E-state index contributed by atoms with van der Waals surface area (Å²) < 4.78 is 5.61. The third-order valence-electron chi connectivity index (χ3n) is 2.92. The van der Waals surface area contributed by atoms with E-state index in [-0.39, 0.29) is 5.91 Å². The number of ether oxygens (including phenoxy) is 1. The van der Waals surface area contributed by atoms with E-state index in [0.717, 1.165) is 10.4 Å². The minimum absolute atomic E-state index is 0.189. The largest absolute Gasteiger partial charge is 0.492 e. The van der Waals surface area contributed by atoms with E-state index in [1.807, 2.05) is 48.7 Å². The first-order valence-corrected chi connectivity index (χ1v) is 8.50. The second-order valence-corrected chi connectivity index (χ2v) is 6.34. The smallest absolute Gasteiger partial charge is 0.271 e. The minimum Gasteiger partial charge on any atom is -0.492 e. The van der Waals surface area contributed by atoms with Gasteiger partial charge in [0.1, 0.15) is 10.6 Å². The summed E-state index contributed by atoms with van der Waals surface area (Å²) >= 11 is 2.81. The number of aromatic nitrogens is 1. The van der Waals surface area contributed by atoms with Crippen LogP contribution in [0, 0.1) is 0 Å². The van der Waals surface area contributed by atoms with Crippen molar-refractivity contribution < 1.29 is 9.53 Å². The van der Waals surface area contributed by atoms with Gasteiger partial charge >= 0.3 is 0 Å². The Kier molecular flexibility index (Phi) is 4.50. The van der Waals surface area contributed by atoms with Gasteiger partial charge < -0.3 is 4.74 Å². The van der Waals surface area contributed by atoms with Crippen LogP contribution >= 0.6 is 22.7 Å². The minimum atomic E-state index is -0.189. The molecule has 0 saturated heterocycles. The normalized spacial score (nSPS) is 10.4. The lowest BCUT2D eigenvalue weighted by molar-refractivity contribution is 0.102. The summed E-state index contributed by atoms with van der Waals surface area (Å²) in [5.41, 5.74) is 1.07. The number of carbonyl (C=O) groups is 1. The van der Waals surface area contributed by atoms with E-state index in [9.17, 15) is 4.79 Å². The van der Waals surface area contributed by atoms with E-state index >= 15 is 0 Å². The van der Waals surface area contributed by atoms with E-state index in [1.165, 1.54) is 22.7 Å². The standard InChI is InChI=1S/C16H14N2O2S2/c1-2-20-12-10-13(11-6-4-3-5-7-11)22-14(12)15(19)18-16-17-8-9-21-16/h3-10H,2H2,1H3,(H,17,18,19). The Bertz CT molecular complexity index is 752. The topological polar surface area (TPSA) is 51.2 Å². The molecule has 0 aliphatic rings. The monoisotopic (exact) mass is 330 g/mol. The third-order valence-corrected chi connectivity index (χ3v) is 4.77. The second-order valence-electron chi connectivity index (χ2n) is 4.39. The fourth-order valence-corrected chi connectivity index (χ4v) is 3.50. The summed E-state index contributed by atoms with van der Waals surface area (Å²) in [4.78, 5) is 18.1. The Labute approximate surface area is 136 Å². The van der Waals surface area contributed by atoms with Crippen LogP contribution in [0.5, 0.6) is 5.75 Å². The zero-order valence-corrected chi connectivity index (χ0v) is 13.5. The van der Waals surface area contributed by atoms with Gasteiger partial charge in [-0.05, 0) is 18.6 Å². The van der Waals surface area contributed by atoms with Crippen LogP contribution in [-0.4, -0.2) is 17.5 Å². The van der Waals surface area contributed by atoms with Gasteiger partial charge in [0.2, 0.25) is 0 Å². The van der Waals surface area contributed by atoms with Crippen LogP contribution in [0.1, 0.15) is 16.6 Å². The van der Waals surface area contributed by atoms with Crippen molar-refractivity contribution in [1.29, 1.82) is 0 Å². The number of rotatable bonds is 5. The van der Waals surface area contributed by atoms with Crippen molar-refractivity contribution in [3.05, 3.63) is 52.9 Å². The third kappa shape index (κ3) is 3.18. The number of carbonyl (C=O) groups excluding carboxylic acids is 1. The molecular weight excluding hydrogens is 316 g/mol. The molecule has 2 heterocycles. The molecule has 0 atom stereocenters. The molecule has 0 spiro atoms. The summed E-state index contributed by atoms with van der Waals surface area (Å²) in [7, 11) is 0. The van der Waals surface area contributed by atoms with Crippen molar-refractivity contribution in [2.24, 2.45) is 0 Å². The van der Waals surface area contributed by atoms with Crippen molar-refractivity contribution in [1.82, 2.24) is 4.98 Å². The van der Waals surface area contributed by atoms with Crippen molar-refractivity contribution in [2.75, 3.05) is 11.9 Å². The number of hydrogen-bond acceptors (Lipinski definition) is 5. The molecule has 1 aromatic carbocycles. The number of amides is 1. The number of nitrogens with zero attached hydrogens (tertiary/aromatic N) is 1. The predicted octanol–water partition coefficient (Wildman–Crippen LogP) is 4.52. The maximum Gasteiger partial charge on any atom is 0.271 e.